The lowest BCUT2D eigenvalue weighted by atomic mass is 9.57. The number of anilines is 1. The number of benzene rings is 1. The molecule has 0 heterocycles. The minimum Gasteiger partial charge on any atom is -0.505 e. The van der Waals surface area contributed by atoms with Crippen molar-refractivity contribution in [1.82, 2.24) is 5.32 Å². The van der Waals surface area contributed by atoms with Crippen molar-refractivity contribution in [2.75, 3.05) is 5.32 Å². The molecule has 25 heavy (non-hydrogen) atoms. The van der Waals surface area contributed by atoms with Gasteiger partial charge in [0.1, 0.15) is 0 Å². The van der Waals surface area contributed by atoms with Crippen molar-refractivity contribution >= 4 is 18.0 Å². The van der Waals surface area contributed by atoms with E-state index in [2.05, 4.69) is 45.3 Å². The summed E-state index contributed by atoms with van der Waals surface area (Å²) in [6.07, 6.45) is 4.46. The van der Waals surface area contributed by atoms with Gasteiger partial charge in [-0.1, -0.05) is 40.2 Å². The van der Waals surface area contributed by atoms with Crippen molar-refractivity contribution in [2.24, 2.45) is 10.8 Å². The molecule has 0 spiro atoms. The van der Waals surface area contributed by atoms with Crippen LogP contribution in [0.3, 0.4) is 0 Å². The zero-order valence-electron chi connectivity index (χ0n) is 15.9. The van der Waals surface area contributed by atoms with Crippen LogP contribution in [-0.2, 0) is 4.79 Å². The third kappa shape index (κ3) is 4.33. The lowest BCUT2D eigenvalue weighted by molar-refractivity contribution is -0.105. The van der Waals surface area contributed by atoms with E-state index in [0.717, 1.165) is 25.7 Å². The van der Waals surface area contributed by atoms with E-state index in [1.54, 1.807) is 18.2 Å². The fourth-order valence-corrected chi connectivity index (χ4v) is 4.93. The zero-order chi connectivity index (χ0) is 18.9. The summed E-state index contributed by atoms with van der Waals surface area (Å²) in [5.41, 5.74) is 0.370. The average molecular weight is 346 g/mol. The van der Waals surface area contributed by atoms with Gasteiger partial charge in [-0.15, -0.1) is 0 Å². The first-order valence-corrected chi connectivity index (χ1v) is 8.88. The van der Waals surface area contributed by atoms with Gasteiger partial charge in [0.15, 0.2) is 5.75 Å². The Labute approximate surface area is 150 Å². The van der Waals surface area contributed by atoms with Gasteiger partial charge in [0.05, 0.1) is 11.3 Å². The van der Waals surface area contributed by atoms with Crippen LogP contribution in [0.5, 0.6) is 5.75 Å². The van der Waals surface area contributed by atoms with Crippen LogP contribution in [0.25, 0.3) is 0 Å². The Morgan fingerprint density at radius 2 is 1.88 bits per heavy atom. The monoisotopic (exact) mass is 346 g/mol. The van der Waals surface area contributed by atoms with E-state index in [0.29, 0.717) is 6.41 Å². The Morgan fingerprint density at radius 1 is 1.20 bits per heavy atom. The lowest BCUT2D eigenvalue weighted by Gasteiger charge is -2.52. The molecule has 5 heteroatoms. The van der Waals surface area contributed by atoms with E-state index in [1.165, 1.54) is 0 Å². The smallest absolute Gasteiger partial charge is 0.255 e. The topological polar surface area (TPSA) is 78.4 Å². The van der Waals surface area contributed by atoms with Crippen molar-refractivity contribution in [1.29, 1.82) is 0 Å². The Bertz CT molecular complexity index is 671. The first-order valence-electron chi connectivity index (χ1n) is 8.88. The number of nitrogens with one attached hydrogen (secondary N) is 2. The predicted octanol–water partition coefficient (Wildman–Crippen LogP) is 4.08. The van der Waals surface area contributed by atoms with Crippen LogP contribution in [0.1, 0.15) is 70.7 Å². The summed E-state index contributed by atoms with van der Waals surface area (Å²) in [6, 6.07) is 4.76. The molecule has 1 fully saturated rings. The molecule has 1 aliphatic carbocycles. The fourth-order valence-electron chi connectivity index (χ4n) is 4.93. The maximum atomic E-state index is 12.8. The number of para-hydroxylation sites is 1. The fraction of sp³-hybridized carbons (Fsp3) is 0.600. The highest BCUT2D eigenvalue weighted by Crippen LogP contribution is 2.51. The minimum absolute atomic E-state index is 0.133. The summed E-state index contributed by atoms with van der Waals surface area (Å²) >= 11 is 0. The van der Waals surface area contributed by atoms with E-state index in [9.17, 15) is 14.7 Å². The number of carbonyl (C=O) groups is 2. The molecule has 0 saturated heterocycles. The predicted molar refractivity (Wildman–Crippen MR) is 99.7 cm³/mol. The van der Waals surface area contributed by atoms with E-state index < -0.39 is 0 Å². The third-order valence-corrected chi connectivity index (χ3v) is 5.35. The molecule has 2 rings (SSSR count). The second kappa shape index (κ2) is 6.70. The van der Waals surface area contributed by atoms with Gasteiger partial charge in [-0.05, 0) is 49.1 Å². The minimum atomic E-state index is -0.343. The number of phenols is 1. The summed E-state index contributed by atoms with van der Waals surface area (Å²) in [5.74, 6) is -0.519. The van der Waals surface area contributed by atoms with Gasteiger partial charge in [-0.3, -0.25) is 9.59 Å². The number of carbonyl (C=O) groups excluding carboxylic acids is 2. The average Bonchev–Trinajstić information content (AvgIpc) is 2.46. The lowest BCUT2D eigenvalue weighted by Crippen LogP contribution is -2.55. The number of hydrogen-bond donors (Lipinski definition) is 3. The Balaban J connectivity index is 2.27. The largest absolute Gasteiger partial charge is 0.505 e. The van der Waals surface area contributed by atoms with E-state index >= 15 is 0 Å². The molecule has 138 valence electrons. The SMILES string of the molecule is CCC1(C)CC(C)(C)CC(C)(NC(=O)c2cccc(NC=O)c2O)C1. The van der Waals surface area contributed by atoms with Gasteiger partial charge >= 0.3 is 0 Å². The second-order valence-corrected chi connectivity index (χ2v) is 8.84. The molecule has 1 aromatic carbocycles. The summed E-state index contributed by atoms with van der Waals surface area (Å²) in [6.45, 7) is 11.1. The molecule has 2 atom stereocenters. The standard InChI is InChI=1S/C20H30N2O3/c1-6-19(4)10-18(2,3)11-20(5,12-19)22-17(25)14-8-7-9-15(16(14)24)21-13-23/h7-9,13,24H,6,10-12H2,1-5H3,(H,21,23)(H,22,25). The maximum absolute atomic E-state index is 12.8. The molecular formula is C20H30N2O3. The van der Waals surface area contributed by atoms with Crippen molar-refractivity contribution in [3.8, 4) is 5.75 Å². The van der Waals surface area contributed by atoms with Crippen LogP contribution in [-0.4, -0.2) is 23.0 Å². The summed E-state index contributed by atoms with van der Waals surface area (Å²) < 4.78 is 0. The molecule has 0 aromatic heterocycles. The van der Waals surface area contributed by atoms with Crippen LogP contribution in [0, 0.1) is 10.8 Å². The molecule has 0 aliphatic heterocycles. The van der Waals surface area contributed by atoms with Crippen LogP contribution in [0.15, 0.2) is 18.2 Å². The first-order chi connectivity index (χ1) is 11.5. The van der Waals surface area contributed by atoms with Crippen LogP contribution < -0.4 is 10.6 Å². The van der Waals surface area contributed by atoms with Crippen molar-refractivity contribution in [2.45, 2.75) is 65.8 Å². The summed E-state index contributed by atoms with van der Waals surface area (Å²) in [5, 5.41) is 15.8. The highest BCUT2D eigenvalue weighted by Gasteiger charge is 2.46. The van der Waals surface area contributed by atoms with E-state index in [1.807, 2.05) is 0 Å². The van der Waals surface area contributed by atoms with Crippen LogP contribution >= 0.6 is 0 Å². The molecule has 2 amide bonds. The van der Waals surface area contributed by atoms with E-state index in [4.69, 9.17) is 0 Å². The van der Waals surface area contributed by atoms with Gasteiger partial charge < -0.3 is 15.7 Å². The highest BCUT2D eigenvalue weighted by molar-refractivity contribution is 5.99. The Morgan fingerprint density at radius 3 is 2.48 bits per heavy atom. The number of phenolic OH excluding ortho intramolecular Hbond substituents is 1. The molecule has 3 N–H and O–H groups in total. The van der Waals surface area contributed by atoms with Crippen molar-refractivity contribution in [3.63, 3.8) is 0 Å². The number of aromatic hydroxyl groups is 1. The van der Waals surface area contributed by atoms with Crippen molar-refractivity contribution in [3.05, 3.63) is 23.8 Å². The highest BCUT2D eigenvalue weighted by atomic mass is 16.3. The normalized spacial score (nSPS) is 28.2. The van der Waals surface area contributed by atoms with Gasteiger partial charge in [-0.25, -0.2) is 0 Å². The Kier molecular flexibility index (Phi) is 5.17. The summed E-state index contributed by atoms with van der Waals surface area (Å²) in [7, 11) is 0. The quantitative estimate of drug-likeness (QED) is 0.555. The third-order valence-electron chi connectivity index (χ3n) is 5.35. The van der Waals surface area contributed by atoms with Gasteiger partial charge in [0.2, 0.25) is 6.41 Å². The molecule has 0 bridgehead atoms. The number of amides is 2. The second-order valence-electron chi connectivity index (χ2n) is 8.84. The molecule has 2 unspecified atom stereocenters. The number of hydrogen-bond acceptors (Lipinski definition) is 3. The molecule has 1 aliphatic rings. The van der Waals surface area contributed by atoms with Crippen LogP contribution in [0.4, 0.5) is 5.69 Å². The van der Waals surface area contributed by atoms with Gasteiger partial charge in [-0.2, -0.15) is 0 Å². The maximum Gasteiger partial charge on any atom is 0.255 e. The van der Waals surface area contributed by atoms with E-state index in [-0.39, 0.29) is 39.3 Å². The van der Waals surface area contributed by atoms with Gasteiger partial charge in [0, 0.05) is 5.54 Å². The molecule has 1 aromatic rings. The van der Waals surface area contributed by atoms with Crippen molar-refractivity contribution < 1.29 is 14.7 Å². The molecule has 1 saturated carbocycles. The molecule has 5 nitrogen and oxygen atoms in total. The Hall–Kier alpha value is -2.04. The molecule has 0 radical (unpaired) electrons. The number of rotatable bonds is 5. The molecular weight excluding hydrogens is 316 g/mol. The summed E-state index contributed by atoms with van der Waals surface area (Å²) in [4.78, 5) is 23.4. The zero-order valence-corrected chi connectivity index (χ0v) is 15.9. The van der Waals surface area contributed by atoms with Crippen LogP contribution in [0.2, 0.25) is 0 Å². The van der Waals surface area contributed by atoms with Gasteiger partial charge in [0.25, 0.3) is 5.91 Å². The first kappa shape index (κ1) is 19.3.